The van der Waals surface area contributed by atoms with Gasteiger partial charge in [-0.2, -0.15) is 0 Å². The van der Waals surface area contributed by atoms with Crippen LogP contribution in [0.25, 0.3) is 6.08 Å². The van der Waals surface area contributed by atoms with Crippen molar-refractivity contribution in [2.75, 3.05) is 41.5 Å². The highest BCUT2D eigenvalue weighted by atomic mass is 16.5. The fourth-order valence-electron chi connectivity index (χ4n) is 2.58. The van der Waals surface area contributed by atoms with Crippen molar-refractivity contribution in [1.82, 2.24) is 4.90 Å². The zero-order chi connectivity index (χ0) is 19.6. The van der Waals surface area contributed by atoms with Gasteiger partial charge in [0.2, 0.25) is 0 Å². The number of carbonyl (C=O) groups excluding carboxylic acids is 1. The number of nitrogens with zero attached hydrogens (tertiary/aromatic N) is 1. The van der Waals surface area contributed by atoms with Crippen molar-refractivity contribution < 1.29 is 19.0 Å². The molecular weight excluding hydrogens is 342 g/mol. The van der Waals surface area contributed by atoms with E-state index in [1.807, 2.05) is 50.5 Å². The van der Waals surface area contributed by atoms with Crippen molar-refractivity contribution in [2.24, 2.45) is 0 Å². The third kappa shape index (κ3) is 6.15. The van der Waals surface area contributed by atoms with Gasteiger partial charge >= 0.3 is 0 Å². The molecule has 0 bridgehead atoms. The maximum absolute atomic E-state index is 12.7. The zero-order valence-electron chi connectivity index (χ0n) is 16.4. The summed E-state index contributed by atoms with van der Waals surface area (Å²) in [7, 11) is 7.24. The second kappa shape index (κ2) is 10.4. The molecule has 5 nitrogen and oxygen atoms in total. The number of hydrogen-bond donors (Lipinski definition) is 0. The molecule has 0 radical (unpaired) electrons. The molecular formula is C22H27NO4. The zero-order valence-corrected chi connectivity index (χ0v) is 16.4. The van der Waals surface area contributed by atoms with Crippen LogP contribution in [0.2, 0.25) is 0 Å². The Bertz CT molecular complexity index is 784. The monoisotopic (exact) mass is 369 g/mol. The van der Waals surface area contributed by atoms with Crippen molar-refractivity contribution in [3.8, 4) is 17.2 Å². The highest BCUT2D eigenvalue weighted by Gasteiger charge is 2.10. The Hall–Kier alpha value is -2.79. The van der Waals surface area contributed by atoms with Crippen LogP contribution < -0.4 is 14.2 Å². The van der Waals surface area contributed by atoms with Crippen molar-refractivity contribution in [2.45, 2.75) is 6.42 Å². The van der Waals surface area contributed by atoms with Crippen LogP contribution in [0.15, 0.2) is 48.5 Å². The Morgan fingerprint density at radius 3 is 2.52 bits per heavy atom. The van der Waals surface area contributed by atoms with E-state index in [1.165, 1.54) is 6.08 Å². The average Bonchev–Trinajstić information content (AvgIpc) is 2.69. The van der Waals surface area contributed by atoms with Crippen molar-refractivity contribution in [1.29, 1.82) is 0 Å². The van der Waals surface area contributed by atoms with Gasteiger partial charge in [-0.25, -0.2) is 0 Å². The lowest BCUT2D eigenvalue weighted by atomic mass is 10.1. The summed E-state index contributed by atoms with van der Waals surface area (Å²) >= 11 is 0. The van der Waals surface area contributed by atoms with Gasteiger partial charge in [-0.1, -0.05) is 12.1 Å². The molecule has 0 aliphatic carbocycles. The van der Waals surface area contributed by atoms with Crippen LogP contribution in [-0.2, 0) is 0 Å². The number of methoxy groups -OCH3 is 2. The number of ether oxygens (including phenoxy) is 3. The number of benzene rings is 2. The first-order valence-electron chi connectivity index (χ1n) is 8.86. The lowest BCUT2D eigenvalue weighted by Gasteiger charge is -2.12. The van der Waals surface area contributed by atoms with Crippen LogP contribution in [0, 0.1) is 0 Å². The fourth-order valence-corrected chi connectivity index (χ4v) is 2.58. The smallest absolute Gasteiger partial charge is 0.189 e. The van der Waals surface area contributed by atoms with Crippen LogP contribution in [0.3, 0.4) is 0 Å². The van der Waals surface area contributed by atoms with E-state index in [0.29, 0.717) is 29.4 Å². The Kier molecular flexibility index (Phi) is 7.89. The number of ketones is 1. The lowest BCUT2D eigenvalue weighted by Crippen LogP contribution is -2.16. The quantitative estimate of drug-likeness (QED) is 0.361. The molecule has 0 aromatic heterocycles. The fraction of sp³-hybridized carbons (Fsp3) is 0.318. The maximum Gasteiger partial charge on any atom is 0.189 e. The van der Waals surface area contributed by atoms with Crippen LogP contribution in [0.4, 0.5) is 0 Å². The van der Waals surface area contributed by atoms with E-state index in [4.69, 9.17) is 14.2 Å². The van der Waals surface area contributed by atoms with E-state index >= 15 is 0 Å². The molecule has 0 atom stereocenters. The van der Waals surface area contributed by atoms with Gasteiger partial charge in [0.15, 0.2) is 5.78 Å². The third-order valence-corrected chi connectivity index (χ3v) is 4.01. The molecule has 0 amide bonds. The third-order valence-electron chi connectivity index (χ3n) is 4.01. The summed E-state index contributed by atoms with van der Waals surface area (Å²) in [6, 6.07) is 12.7. The van der Waals surface area contributed by atoms with Gasteiger partial charge in [0, 0.05) is 12.1 Å². The van der Waals surface area contributed by atoms with Crippen LogP contribution >= 0.6 is 0 Å². The predicted octanol–water partition coefficient (Wildman–Crippen LogP) is 3.93. The summed E-state index contributed by atoms with van der Waals surface area (Å²) in [6.07, 6.45) is 4.15. The summed E-state index contributed by atoms with van der Waals surface area (Å²) in [5.74, 6) is 1.85. The normalized spacial score (nSPS) is 11.0. The van der Waals surface area contributed by atoms with Gasteiger partial charge in [-0.15, -0.1) is 0 Å². The van der Waals surface area contributed by atoms with Crippen LogP contribution in [-0.4, -0.2) is 52.1 Å². The molecule has 2 aromatic carbocycles. The van der Waals surface area contributed by atoms with Gasteiger partial charge in [0.25, 0.3) is 0 Å². The first-order valence-corrected chi connectivity index (χ1v) is 8.86. The minimum absolute atomic E-state index is 0.122. The number of rotatable bonds is 10. The first-order chi connectivity index (χ1) is 13.0. The van der Waals surface area contributed by atoms with Crippen LogP contribution in [0.5, 0.6) is 17.2 Å². The van der Waals surface area contributed by atoms with Gasteiger partial charge in [0.1, 0.15) is 17.2 Å². The SMILES string of the molecule is COc1ccc(OC)c(C=CC(=O)c2ccccc2OCCCN(C)C)c1. The number of carbonyl (C=O) groups is 1. The molecule has 0 aliphatic rings. The Morgan fingerprint density at radius 2 is 1.81 bits per heavy atom. The Labute approximate surface area is 161 Å². The van der Waals surface area contributed by atoms with E-state index in [1.54, 1.807) is 26.4 Å². The van der Waals surface area contributed by atoms with Crippen molar-refractivity contribution >= 4 is 11.9 Å². The summed E-state index contributed by atoms with van der Waals surface area (Å²) in [4.78, 5) is 14.8. The molecule has 0 unspecified atom stereocenters. The van der Waals surface area contributed by atoms with Crippen molar-refractivity contribution in [3.63, 3.8) is 0 Å². The molecule has 144 valence electrons. The molecule has 27 heavy (non-hydrogen) atoms. The molecule has 0 fully saturated rings. The van der Waals surface area contributed by atoms with Gasteiger partial charge < -0.3 is 19.1 Å². The number of hydrogen-bond acceptors (Lipinski definition) is 5. The number of allylic oxidation sites excluding steroid dienone is 1. The van der Waals surface area contributed by atoms with E-state index in [-0.39, 0.29) is 5.78 Å². The van der Waals surface area contributed by atoms with E-state index in [0.717, 1.165) is 18.5 Å². The molecule has 0 saturated carbocycles. The molecule has 0 aliphatic heterocycles. The standard InChI is InChI=1S/C22H27NO4/c1-23(2)14-7-15-27-22-9-6-5-8-19(22)20(24)12-10-17-16-18(25-3)11-13-21(17)26-4/h5-6,8-13,16H,7,14-15H2,1-4H3. The second-order valence-corrected chi connectivity index (χ2v) is 6.31. The second-order valence-electron chi connectivity index (χ2n) is 6.31. The largest absolute Gasteiger partial charge is 0.497 e. The molecule has 0 N–H and O–H groups in total. The summed E-state index contributed by atoms with van der Waals surface area (Å²) in [6.45, 7) is 1.50. The molecule has 0 spiro atoms. The Balaban J connectivity index is 2.13. The van der Waals surface area contributed by atoms with E-state index in [9.17, 15) is 4.79 Å². The maximum atomic E-state index is 12.7. The summed E-state index contributed by atoms with van der Waals surface area (Å²) in [5, 5.41) is 0. The minimum Gasteiger partial charge on any atom is -0.497 e. The topological polar surface area (TPSA) is 48.0 Å². The summed E-state index contributed by atoms with van der Waals surface area (Å²) in [5.41, 5.74) is 1.31. The van der Waals surface area contributed by atoms with Crippen molar-refractivity contribution in [3.05, 3.63) is 59.7 Å². The van der Waals surface area contributed by atoms with Gasteiger partial charge in [-0.05, 0) is 63.0 Å². The molecule has 2 rings (SSSR count). The van der Waals surface area contributed by atoms with E-state index in [2.05, 4.69) is 4.90 Å². The van der Waals surface area contributed by atoms with Gasteiger partial charge in [0.05, 0.1) is 26.4 Å². The van der Waals surface area contributed by atoms with Gasteiger partial charge in [-0.3, -0.25) is 4.79 Å². The summed E-state index contributed by atoms with van der Waals surface area (Å²) < 4.78 is 16.4. The number of para-hydroxylation sites is 1. The lowest BCUT2D eigenvalue weighted by molar-refractivity contribution is 0.104. The average molecular weight is 369 g/mol. The van der Waals surface area contributed by atoms with Crippen LogP contribution in [0.1, 0.15) is 22.3 Å². The molecule has 0 saturated heterocycles. The molecule has 5 heteroatoms. The Morgan fingerprint density at radius 1 is 1.04 bits per heavy atom. The highest BCUT2D eigenvalue weighted by Crippen LogP contribution is 2.26. The molecule has 0 heterocycles. The molecule has 2 aromatic rings. The minimum atomic E-state index is -0.122. The predicted molar refractivity (Wildman–Crippen MR) is 108 cm³/mol. The van der Waals surface area contributed by atoms with E-state index < -0.39 is 0 Å². The first kappa shape index (κ1) is 20.5. The highest BCUT2D eigenvalue weighted by molar-refractivity contribution is 6.08.